The molecule has 1 aromatic carbocycles. The number of benzene rings is 1. The van der Waals surface area contributed by atoms with E-state index in [9.17, 15) is 0 Å². The second-order valence-corrected chi connectivity index (χ2v) is 5.87. The van der Waals surface area contributed by atoms with Gasteiger partial charge in [0.05, 0.1) is 17.7 Å². The summed E-state index contributed by atoms with van der Waals surface area (Å²) in [6, 6.07) is 8.35. The molecule has 0 amide bonds. The minimum atomic E-state index is 0.374. The number of hydrogen-bond acceptors (Lipinski definition) is 3. The standard InChI is InChI=1S/C14H15BrN2O/c15-12-7-11(4-3-10(12)8-16)17-13-5-6-18-14(13)9-1-2-9/h3-4,7,9,13-14,17H,1-2,5-6H2. The Labute approximate surface area is 115 Å². The Hall–Kier alpha value is -1.05. The summed E-state index contributed by atoms with van der Waals surface area (Å²) in [7, 11) is 0. The zero-order chi connectivity index (χ0) is 12.5. The van der Waals surface area contributed by atoms with Crippen LogP contribution in [0.4, 0.5) is 5.69 Å². The zero-order valence-electron chi connectivity index (χ0n) is 10.0. The fourth-order valence-corrected chi connectivity index (χ4v) is 3.03. The van der Waals surface area contributed by atoms with E-state index in [0.29, 0.717) is 17.7 Å². The molecule has 4 heteroatoms. The highest BCUT2D eigenvalue weighted by atomic mass is 79.9. The van der Waals surface area contributed by atoms with Gasteiger partial charge in [-0.15, -0.1) is 0 Å². The van der Waals surface area contributed by atoms with E-state index < -0.39 is 0 Å². The van der Waals surface area contributed by atoms with Gasteiger partial charge in [-0.2, -0.15) is 5.26 Å². The molecule has 3 nitrogen and oxygen atoms in total. The van der Waals surface area contributed by atoms with Crippen molar-refractivity contribution < 1.29 is 4.74 Å². The third-order valence-corrected chi connectivity index (χ3v) is 4.32. The van der Waals surface area contributed by atoms with Gasteiger partial charge in [-0.1, -0.05) is 0 Å². The van der Waals surface area contributed by atoms with Crippen LogP contribution in [0.1, 0.15) is 24.8 Å². The van der Waals surface area contributed by atoms with Crippen molar-refractivity contribution in [3.05, 3.63) is 28.2 Å². The Morgan fingerprint density at radius 3 is 2.83 bits per heavy atom. The molecule has 1 saturated carbocycles. The van der Waals surface area contributed by atoms with Gasteiger partial charge < -0.3 is 10.1 Å². The van der Waals surface area contributed by atoms with Gasteiger partial charge in [0.1, 0.15) is 6.07 Å². The van der Waals surface area contributed by atoms with Crippen LogP contribution in [0.2, 0.25) is 0 Å². The minimum Gasteiger partial charge on any atom is -0.380 e. The lowest BCUT2D eigenvalue weighted by Crippen LogP contribution is -2.30. The van der Waals surface area contributed by atoms with E-state index in [-0.39, 0.29) is 0 Å². The van der Waals surface area contributed by atoms with Crippen molar-refractivity contribution in [1.82, 2.24) is 0 Å². The zero-order valence-corrected chi connectivity index (χ0v) is 11.6. The molecule has 3 rings (SSSR count). The Balaban J connectivity index is 1.72. The van der Waals surface area contributed by atoms with Crippen LogP contribution in [-0.4, -0.2) is 18.8 Å². The summed E-state index contributed by atoms with van der Waals surface area (Å²) in [4.78, 5) is 0. The molecule has 0 bridgehead atoms. The maximum Gasteiger partial charge on any atom is 0.100 e. The van der Waals surface area contributed by atoms with Crippen molar-refractivity contribution >= 4 is 21.6 Å². The monoisotopic (exact) mass is 306 g/mol. The number of nitrogens with zero attached hydrogens (tertiary/aromatic N) is 1. The molecule has 18 heavy (non-hydrogen) atoms. The summed E-state index contributed by atoms with van der Waals surface area (Å²) >= 11 is 3.42. The molecule has 2 fully saturated rings. The van der Waals surface area contributed by atoms with E-state index in [0.717, 1.165) is 29.1 Å². The van der Waals surface area contributed by atoms with Crippen LogP contribution >= 0.6 is 15.9 Å². The lowest BCUT2D eigenvalue weighted by molar-refractivity contribution is 0.0898. The molecule has 1 N–H and O–H groups in total. The van der Waals surface area contributed by atoms with Gasteiger partial charge in [-0.25, -0.2) is 0 Å². The summed E-state index contributed by atoms with van der Waals surface area (Å²) in [5.74, 6) is 0.756. The number of halogens is 1. The van der Waals surface area contributed by atoms with E-state index in [1.54, 1.807) is 0 Å². The number of rotatable bonds is 3. The summed E-state index contributed by atoms with van der Waals surface area (Å²) in [5, 5.41) is 12.4. The van der Waals surface area contributed by atoms with Crippen molar-refractivity contribution in [2.24, 2.45) is 5.92 Å². The Bertz CT molecular complexity index is 493. The van der Waals surface area contributed by atoms with Crippen LogP contribution in [0.25, 0.3) is 0 Å². The van der Waals surface area contributed by atoms with E-state index in [1.165, 1.54) is 12.8 Å². The van der Waals surface area contributed by atoms with Crippen molar-refractivity contribution in [1.29, 1.82) is 5.26 Å². The highest BCUT2D eigenvalue weighted by Crippen LogP contribution is 2.39. The number of nitriles is 1. The van der Waals surface area contributed by atoms with Gasteiger partial charge in [0, 0.05) is 16.8 Å². The smallest absolute Gasteiger partial charge is 0.100 e. The van der Waals surface area contributed by atoms with Gasteiger partial charge in [-0.3, -0.25) is 0 Å². The normalized spacial score (nSPS) is 26.9. The molecule has 1 aliphatic carbocycles. The van der Waals surface area contributed by atoms with Crippen molar-refractivity contribution in [2.75, 3.05) is 11.9 Å². The molecule has 0 radical (unpaired) electrons. The first-order chi connectivity index (χ1) is 8.78. The maximum atomic E-state index is 8.90. The molecule has 2 atom stereocenters. The van der Waals surface area contributed by atoms with Crippen LogP contribution in [0.3, 0.4) is 0 Å². The first-order valence-corrected chi connectivity index (χ1v) is 7.15. The van der Waals surface area contributed by atoms with Crippen molar-refractivity contribution in [3.8, 4) is 6.07 Å². The summed E-state index contributed by atoms with van der Waals surface area (Å²) < 4.78 is 6.65. The molecule has 1 aliphatic heterocycles. The number of anilines is 1. The lowest BCUT2D eigenvalue weighted by Gasteiger charge is -2.20. The van der Waals surface area contributed by atoms with Crippen LogP contribution in [0, 0.1) is 17.2 Å². The van der Waals surface area contributed by atoms with Crippen LogP contribution < -0.4 is 5.32 Å². The number of hydrogen-bond donors (Lipinski definition) is 1. The lowest BCUT2D eigenvalue weighted by atomic mass is 10.1. The highest BCUT2D eigenvalue weighted by Gasteiger charge is 2.40. The summed E-state index contributed by atoms with van der Waals surface area (Å²) in [5.41, 5.74) is 1.73. The predicted octanol–water partition coefficient (Wildman–Crippen LogP) is 3.30. The molecular formula is C14H15BrN2O. The first kappa shape index (κ1) is 12.0. The van der Waals surface area contributed by atoms with Crippen LogP contribution in [0.15, 0.2) is 22.7 Å². The largest absolute Gasteiger partial charge is 0.380 e. The second-order valence-electron chi connectivity index (χ2n) is 5.02. The molecule has 0 spiro atoms. The molecule has 1 saturated heterocycles. The molecule has 2 aliphatic rings. The Morgan fingerprint density at radius 1 is 1.33 bits per heavy atom. The molecular weight excluding hydrogens is 292 g/mol. The summed E-state index contributed by atoms with van der Waals surface area (Å²) in [6.07, 6.45) is 4.05. The van der Waals surface area contributed by atoms with Gasteiger partial charge in [0.2, 0.25) is 0 Å². The van der Waals surface area contributed by atoms with Gasteiger partial charge >= 0.3 is 0 Å². The predicted molar refractivity (Wildman–Crippen MR) is 73.3 cm³/mol. The van der Waals surface area contributed by atoms with E-state index in [1.807, 2.05) is 18.2 Å². The topological polar surface area (TPSA) is 45.0 Å². The minimum absolute atomic E-state index is 0.374. The quantitative estimate of drug-likeness (QED) is 0.932. The maximum absolute atomic E-state index is 8.90. The number of nitrogens with one attached hydrogen (secondary N) is 1. The fourth-order valence-electron chi connectivity index (χ4n) is 2.56. The Kier molecular flexibility index (Phi) is 3.27. The van der Waals surface area contributed by atoms with E-state index in [2.05, 4.69) is 27.3 Å². The van der Waals surface area contributed by atoms with Crippen LogP contribution in [-0.2, 0) is 4.74 Å². The highest BCUT2D eigenvalue weighted by molar-refractivity contribution is 9.10. The van der Waals surface area contributed by atoms with Crippen molar-refractivity contribution in [3.63, 3.8) is 0 Å². The fraction of sp³-hybridized carbons (Fsp3) is 0.500. The van der Waals surface area contributed by atoms with Gasteiger partial charge in [-0.05, 0) is 59.3 Å². The molecule has 1 heterocycles. The van der Waals surface area contributed by atoms with Crippen LogP contribution in [0.5, 0.6) is 0 Å². The first-order valence-electron chi connectivity index (χ1n) is 6.36. The summed E-state index contributed by atoms with van der Waals surface area (Å²) in [6.45, 7) is 0.857. The third kappa shape index (κ3) is 2.38. The average Bonchev–Trinajstić information content (AvgIpc) is 3.11. The second kappa shape index (κ2) is 4.91. The van der Waals surface area contributed by atoms with Gasteiger partial charge in [0.15, 0.2) is 0 Å². The molecule has 94 valence electrons. The van der Waals surface area contributed by atoms with E-state index in [4.69, 9.17) is 10.00 Å². The average molecular weight is 307 g/mol. The Morgan fingerprint density at radius 2 is 2.17 bits per heavy atom. The van der Waals surface area contributed by atoms with E-state index >= 15 is 0 Å². The van der Waals surface area contributed by atoms with Crippen molar-refractivity contribution in [2.45, 2.75) is 31.4 Å². The molecule has 0 aromatic heterocycles. The molecule has 2 unspecified atom stereocenters. The molecule has 1 aromatic rings. The SMILES string of the molecule is N#Cc1ccc(NC2CCOC2C2CC2)cc1Br. The van der Waals surface area contributed by atoms with Gasteiger partial charge in [0.25, 0.3) is 0 Å². The number of ether oxygens (including phenoxy) is 1. The third-order valence-electron chi connectivity index (χ3n) is 3.66.